The van der Waals surface area contributed by atoms with Crippen LogP contribution in [0.5, 0.6) is 5.75 Å². The van der Waals surface area contributed by atoms with Gasteiger partial charge in [0.1, 0.15) is 5.75 Å². The number of hydrogen-bond acceptors (Lipinski definition) is 5. The first-order chi connectivity index (χ1) is 15.9. The van der Waals surface area contributed by atoms with Gasteiger partial charge in [0.25, 0.3) is 0 Å². The number of aromatic nitrogens is 2. The fourth-order valence-corrected chi connectivity index (χ4v) is 4.45. The van der Waals surface area contributed by atoms with Gasteiger partial charge >= 0.3 is 0 Å². The highest BCUT2D eigenvalue weighted by Crippen LogP contribution is 2.38. The summed E-state index contributed by atoms with van der Waals surface area (Å²) in [6.07, 6.45) is 0. The van der Waals surface area contributed by atoms with Crippen LogP contribution in [0, 0.1) is 6.92 Å². The normalized spacial score (nSPS) is 11.1. The molecule has 3 aromatic carbocycles. The third-order valence-electron chi connectivity index (χ3n) is 5.55. The molecule has 4 aromatic rings. The highest BCUT2D eigenvalue weighted by atomic mass is 35.5. The Morgan fingerprint density at radius 2 is 1.79 bits per heavy atom. The Morgan fingerprint density at radius 1 is 1.03 bits per heavy atom. The molecule has 0 unspecified atom stereocenters. The average molecular weight is 485 g/mol. The van der Waals surface area contributed by atoms with Gasteiger partial charge in [0.2, 0.25) is 5.95 Å². The van der Waals surface area contributed by atoms with Crippen molar-refractivity contribution >= 4 is 57.2 Å². The van der Waals surface area contributed by atoms with Gasteiger partial charge in [0.15, 0.2) is 0 Å². The van der Waals surface area contributed by atoms with Gasteiger partial charge in [-0.25, -0.2) is 4.98 Å². The van der Waals surface area contributed by atoms with E-state index in [2.05, 4.69) is 16.3 Å². The Balaban J connectivity index is 1.84. The number of anilines is 4. The minimum absolute atomic E-state index is 0.547. The molecule has 8 heteroatoms. The lowest BCUT2D eigenvalue weighted by atomic mass is 10.2. The molecule has 0 aliphatic carbocycles. The largest absolute Gasteiger partial charge is 0.495 e. The Morgan fingerprint density at radius 3 is 2.52 bits per heavy atom. The zero-order valence-corrected chi connectivity index (χ0v) is 20.5. The van der Waals surface area contributed by atoms with E-state index in [0.29, 0.717) is 34.9 Å². The molecular formula is C25H26Cl2N4O2. The Bertz CT molecular complexity index is 1290. The molecule has 1 N–H and O–H groups in total. The van der Waals surface area contributed by atoms with E-state index in [1.165, 1.54) is 0 Å². The standard InChI is InChI=1S/C25H26Cl2N4O2/c1-16-14-17(26)15-22(33-4)23(16)29-25-28-19-9-7-11-21(24(19)30(25)2)31(12-13-32-3)20-10-6-5-8-18(20)27/h5-11,14-15H,12-13H2,1-4H3,(H,28,29). The number of benzene rings is 3. The minimum Gasteiger partial charge on any atom is -0.495 e. The van der Waals surface area contributed by atoms with Crippen LogP contribution in [0.3, 0.4) is 0 Å². The van der Waals surface area contributed by atoms with E-state index in [9.17, 15) is 0 Å². The maximum absolute atomic E-state index is 6.57. The molecule has 0 bridgehead atoms. The van der Waals surface area contributed by atoms with Gasteiger partial charge in [-0.3, -0.25) is 0 Å². The number of para-hydroxylation sites is 2. The van der Waals surface area contributed by atoms with Gasteiger partial charge in [-0.05, 0) is 42.8 Å². The average Bonchev–Trinajstić information content (AvgIpc) is 3.12. The second-order valence-electron chi connectivity index (χ2n) is 7.66. The Kier molecular flexibility index (Phi) is 6.98. The van der Waals surface area contributed by atoms with Crippen LogP contribution in [0.15, 0.2) is 54.6 Å². The van der Waals surface area contributed by atoms with E-state index in [4.69, 9.17) is 37.7 Å². The molecule has 1 aromatic heterocycles. The minimum atomic E-state index is 0.547. The van der Waals surface area contributed by atoms with Crippen molar-refractivity contribution in [3.05, 3.63) is 70.2 Å². The molecule has 33 heavy (non-hydrogen) atoms. The van der Waals surface area contributed by atoms with E-state index in [-0.39, 0.29) is 0 Å². The molecule has 0 amide bonds. The Hall–Kier alpha value is -2.93. The second kappa shape index (κ2) is 9.91. The van der Waals surface area contributed by atoms with E-state index >= 15 is 0 Å². The summed E-state index contributed by atoms with van der Waals surface area (Å²) in [5.41, 5.74) is 5.52. The summed E-state index contributed by atoms with van der Waals surface area (Å²) in [4.78, 5) is 7.02. The molecule has 6 nitrogen and oxygen atoms in total. The van der Waals surface area contributed by atoms with Crippen LogP contribution in [-0.4, -0.2) is 36.9 Å². The first kappa shape index (κ1) is 23.2. The molecular weight excluding hydrogens is 459 g/mol. The number of hydrogen-bond donors (Lipinski definition) is 1. The van der Waals surface area contributed by atoms with Gasteiger partial charge in [0, 0.05) is 31.8 Å². The molecule has 1 heterocycles. The molecule has 0 atom stereocenters. The van der Waals surface area contributed by atoms with Crippen molar-refractivity contribution in [1.82, 2.24) is 9.55 Å². The summed E-state index contributed by atoms with van der Waals surface area (Å²) in [6.45, 7) is 3.16. The van der Waals surface area contributed by atoms with Gasteiger partial charge < -0.3 is 24.3 Å². The van der Waals surface area contributed by atoms with E-state index in [1.807, 2.05) is 61.0 Å². The van der Waals surface area contributed by atoms with Crippen molar-refractivity contribution in [3.8, 4) is 5.75 Å². The maximum Gasteiger partial charge on any atom is 0.208 e. The molecule has 0 fully saturated rings. The molecule has 0 spiro atoms. The smallest absolute Gasteiger partial charge is 0.208 e. The predicted octanol–water partition coefficient (Wildman–Crippen LogP) is 6.73. The molecule has 0 aliphatic heterocycles. The van der Waals surface area contributed by atoms with Crippen molar-refractivity contribution in [2.45, 2.75) is 6.92 Å². The molecule has 0 saturated heterocycles. The van der Waals surface area contributed by atoms with Crippen molar-refractivity contribution in [3.63, 3.8) is 0 Å². The molecule has 0 aliphatic rings. The van der Waals surface area contributed by atoms with E-state index in [1.54, 1.807) is 20.3 Å². The third kappa shape index (κ3) is 4.60. The zero-order chi connectivity index (χ0) is 23.5. The number of nitrogens with zero attached hydrogens (tertiary/aromatic N) is 3. The van der Waals surface area contributed by atoms with Gasteiger partial charge in [-0.1, -0.05) is 41.4 Å². The topological polar surface area (TPSA) is 51.6 Å². The summed E-state index contributed by atoms with van der Waals surface area (Å²) < 4.78 is 13.0. The monoisotopic (exact) mass is 484 g/mol. The molecule has 0 radical (unpaired) electrons. The van der Waals surface area contributed by atoms with Crippen LogP contribution in [0.25, 0.3) is 11.0 Å². The molecule has 0 saturated carbocycles. The van der Waals surface area contributed by atoms with Crippen molar-refractivity contribution in [2.24, 2.45) is 7.05 Å². The van der Waals surface area contributed by atoms with E-state index in [0.717, 1.165) is 33.7 Å². The lowest BCUT2D eigenvalue weighted by molar-refractivity contribution is 0.207. The highest BCUT2D eigenvalue weighted by molar-refractivity contribution is 6.33. The van der Waals surface area contributed by atoms with Gasteiger partial charge in [-0.2, -0.15) is 0 Å². The van der Waals surface area contributed by atoms with Crippen LogP contribution in [0.2, 0.25) is 10.0 Å². The van der Waals surface area contributed by atoms with Crippen molar-refractivity contribution in [2.75, 3.05) is 37.6 Å². The SMILES string of the molecule is COCCN(c1ccccc1Cl)c1cccc2nc(Nc3c(C)cc(Cl)cc3OC)n(C)c12. The quantitative estimate of drug-likeness (QED) is 0.300. The number of imidazole rings is 1. The number of nitrogens with one attached hydrogen (secondary N) is 1. The third-order valence-corrected chi connectivity index (χ3v) is 6.08. The summed E-state index contributed by atoms with van der Waals surface area (Å²) in [6, 6.07) is 17.6. The number of fused-ring (bicyclic) bond motifs is 1. The fourth-order valence-electron chi connectivity index (χ4n) is 3.95. The highest BCUT2D eigenvalue weighted by Gasteiger charge is 2.20. The lowest BCUT2D eigenvalue weighted by Gasteiger charge is -2.26. The molecule has 4 rings (SSSR count). The van der Waals surface area contributed by atoms with Crippen LogP contribution in [0.1, 0.15) is 5.56 Å². The van der Waals surface area contributed by atoms with Crippen molar-refractivity contribution in [1.29, 1.82) is 0 Å². The predicted molar refractivity (Wildman–Crippen MR) is 137 cm³/mol. The summed E-state index contributed by atoms with van der Waals surface area (Å²) >= 11 is 12.8. The lowest BCUT2D eigenvalue weighted by Crippen LogP contribution is -2.23. The first-order valence-electron chi connectivity index (χ1n) is 10.5. The first-order valence-corrected chi connectivity index (χ1v) is 11.3. The molecule has 172 valence electrons. The zero-order valence-electron chi connectivity index (χ0n) is 19.0. The summed E-state index contributed by atoms with van der Waals surface area (Å²) in [5.74, 6) is 1.34. The van der Waals surface area contributed by atoms with Crippen LogP contribution >= 0.6 is 23.2 Å². The van der Waals surface area contributed by atoms with Crippen molar-refractivity contribution < 1.29 is 9.47 Å². The van der Waals surface area contributed by atoms with Crippen LogP contribution in [0.4, 0.5) is 23.0 Å². The summed E-state index contributed by atoms with van der Waals surface area (Å²) in [7, 11) is 5.31. The number of methoxy groups -OCH3 is 2. The number of rotatable bonds is 8. The van der Waals surface area contributed by atoms with E-state index < -0.39 is 0 Å². The summed E-state index contributed by atoms with van der Waals surface area (Å²) in [5, 5.41) is 4.73. The maximum atomic E-state index is 6.57. The number of ether oxygens (including phenoxy) is 2. The second-order valence-corrected chi connectivity index (χ2v) is 8.50. The van der Waals surface area contributed by atoms with Gasteiger partial charge in [-0.15, -0.1) is 0 Å². The van der Waals surface area contributed by atoms with Crippen LogP contribution < -0.4 is 15.0 Å². The Labute approximate surface area is 203 Å². The van der Waals surface area contributed by atoms with Gasteiger partial charge in [0.05, 0.1) is 46.8 Å². The number of halogens is 2. The fraction of sp³-hybridized carbons (Fsp3) is 0.240. The number of aryl methyl sites for hydroxylation is 2. The van der Waals surface area contributed by atoms with Crippen LogP contribution in [-0.2, 0) is 11.8 Å².